The highest BCUT2D eigenvalue weighted by Crippen LogP contribution is 2.26. The molecule has 5 nitrogen and oxygen atoms in total. The zero-order valence-corrected chi connectivity index (χ0v) is 15.4. The van der Waals surface area contributed by atoms with Crippen LogP contribution in [0.1, 0.15) is 12.5 Å². The molecule has 1 aromatic heterocycles. The first-order chi connectivity index (χ1) is 12.0. The predicted octanol–water partition coefficient (Wildman–Crippen LogP) is 4.55. The third-order valence-electron chi connectivity index (χ3n) is 3.69. The third-order valence-corrected chi connectivity index (χ3v) is 5.06. The number of H-pyrrole nitrogens is 1. The van der Waals surface area contributed by atoms with E-state index in [0.717, 1.165) is 11.1 Å². The average molecular weight is 373 g/mol. The fraction of sp³-hybridized carbons (Fsp3) is 0.167. The van der Waals surface area contributed by atoms with Crippen molar-refractivity contribution in [3.63, 3.8) is 0 Å². The number of hydrogen-bond acceptors (Lipinski definition) is 4. The minimum atomic E-state index is -0.349. The van der Waals surface area contributed by atoms with Crippen molar-refractivity contribution >= 4 is 35.0 Å². The fourth-order valence-electron chi connectivity index (χ4n) is 2.21. The van der Waals surface area contributed by atoms with Crippen LogP contribution < -0.4 is 5.32 Å². The van der Waals surface area contributed by atoms with Gasteiger partial charge in [0.05, 0.1) is 5.25 Å². The smallest absolute Gasteiger partial charge is 0.237 e. The van der Waals surface area contributed by atoms with Crippen molar-refractivity contribution < 1.29 is 4.79 Å². The number of benzene rings is 2. The van der Waals surface area contributed by atoms with Crippen LogP contribution in [0.3, 0.4) is 0 Å². The first-order valence-electron chi connectivity index (χ1n) is 7.75. The van der Waals surface area contributed by atoms with Crippen LogP contribution in [0.15, 0.2) is 53.7 Å². The number of amides is 1. The van der Waals surface area contributed by atoms with Gasteiger partial charge in [0.2, 0.25) is 11.1 Å². The number of carbonyl (C=O) groups excluding carboxylic acids is 1. The summed E-state index contributed by atoms with van der Waals surface area (Å²) in [5.41, 5.74) is 2.51. The number of aromatic nitrogens is 3. The Bertz CT molecular complexity index is 882. The molecule has 0 saturated heterocycles. The molecule has 0 aliphatic carbocycles. The summed E-state index contributed by atoms with van der Waals surface area (Å²) in [5, 5.41) is 10.8. The Balaban J connectivity index is 1.66. The van der Waals surface area contributed by atoms with Gasteiger partial charge in [-0.3, -0.25) is 9.89 Å². The summed E-state index contributed by atoms with van der Waals surface area (Å²) in [5.74, 6) is 0.558. The van der Waals surface area contributed by atoms with E-state index in [1.165, 1.54) is 11.8 Å². The quantitative estimate of drug-likeness (QED) is 0.644. The van der Waals surface area contributed by atoms with Crippen LogP contribution in [0.25, 0.3) is 11.4 Å². The van der Waals surface area contributed by atoms with Crippen molar-refractivity contribution in [1.29, 1.82) is 0 Å². The second kappa shape index (κ2) is 7.72. The van der Waals surface area contributed by atoms with Crippen LogP contribution in [0.5, 0.6) is 0 Å². The van der Waals surface area contributed by atoms with E-state index in [9.17, 15) is 4.79 Å². The van der Waals surface area contributed by atoms with E-state index < -0.39 is 0 Å². The summed E-state index contributed by atoms with van der Waals surface area (Å²) >= 11 is 7.38. The minimum absolute atomic E-state index is 0.124. The molecule has 128 valence electrons. The molecule has 0 aliphatic heterocycles. The summed E-state index contributed by atoms with van der Waals surface area (Å²) in [7, 11) is 0. The first kappa shape index (κ1) is 17.5. The maximum Gasteiger partial charge on any atom is 0.237 e. The van der Waals surface area contributed by atoms with Crippen LogP contribution in [0.4, 0.5) is 5.69 Å². The zero-order chi connectivity index (χ0) is 17.8. The summed E-state index contributed by atoms with van der Waals surface area (Å²) in [6, 6.07) is 15.2. The van der Waals surface area contributed by atoms with Crippen molar-refractivity contribution in [2.24, 2.45) is 0 Å². The molecule has 1 atom stereocenters. The zero-order valence-electron chi connectivity index (χ0n) is 13.8. The number of aromatic amines is 1. The van der Waals surface area contributed by atoms with E-state index in [1.807, 2.05) is 56.3 Å². The van der Waals surface area contributed by atoms with Gasteiger partial charge >= 0.3 is 0 Å². The Hall–Kier alpha value is -2.31. The molecule has 0 aliphatic rings. The number of hydrogen-bond donors (Lipinski definition) is 2. The molecule has 2 N–H and O–H groups in total. The number of nitrogens with zero attached hydrogens (tertiary/aromatic N) is 2. The van der Waals surface area contributed by atoms with Gasteiger partial charge in [-0.1, -0.05) is 59.8 Å². The van der Waals surface area contributed by atoms with Gasteiger partial charge in [0.25, 0.3) is 0 Å². The number of nitrogens with one attached hydrogen (secondary N) is 2. The van der Waals surface area contributed by atoms with Crippen molar-refractivity contribution in [3.05, 3.63) is 59.1 Å². The predicted molar refractivity (Wildman–Crippen MR) is 102 cm³/mol. The summed E-state index contributed by atoms with van der Waals surface area (Å²) in [4.78, 5) is 16.9. The SMILES string of the molecule is Cc1c(Cl)cccc1NC(=O)[C@H](C)Sc1n[nH]c(-c2ccccc2)n1. The Labute approximate surface area is 155 Å². The molecular weight excluding hydrogens is 356 g/mol. The van der Waals surface area contributed by atoms with Crippen molar-refractivity contribution in [3.8, 4) is 11.4 Å². The minimum Gasteiger partial charge on any atom is -0.325 e. The van der Waals surface area contributed by atoms with E-state index in [0.29, 0.717) is 21.7 Å². The van der Waals surface area contributed by atoms with E-state index in [1.54, 1.807) is 6.07 Å². The standard InChI is InChI=1S/C18H17ClN4OS/c1-11-14(19)9-6-10-15(11)20-17(24)12(2)25-18-21-16(22-23-18)13-7-4-3-5-8-13/h3-10,12H,1-2H3,(H,20,24)(H,21,22,23)/t12-/m0/s1. The molecule has 3 rings (SSSR count). The topological polar surface area (TPSA) is 70.7 Å². The van der Waals surface area contributed by atoms with Crippen LogP contribution in [-0.4, -0.2) is 26.3 Å². The molecule has 0 spiro atoms. The molecule has 0 saturated carbocycles. The Morgan fingerprint density at radius 3 is 2.72 bits per heavy atom. The average Bonchev–Trinajstić information content (AvgIpc) is 3.08. The van der Waals surface area contributed by atoms with Crippen molar-refractivity contribution in [2.45, 2.75) is 24.3 Å². The largest absolute Gasteiger partial charge is 0.325 e. The maximum atomic E-state index is 12.4. The van der Waals surface area contributed by atoms with Crippen LogP contribution >= 0.6 is 23.4 Å². The van der Waals surface area contributed by atoms with Gasteiger partial charge in [-0.25, -0.2) is 4.98 Å². The van der Waals surface area contributed by atoms with Gasteiger partial charge in [-0.2, -0.15) is 0 Å². The summed E-state index contributed by atoms with van der Waals surface area (Å²) < 4.78 is 0. The monoisotopic (exact) mass is 372 g/mol. The van der Waals surface area contributed by atoms with Gasteiger partial charge in [-0.15, -0.1) is 5.10 Å². The van der Waals surface area contributed by atoms with Crippen molar-refractivity contribution in [2.75, 3.05) is 5.32 Å². The molecule has 0 bridgehead atoms. The van der Waals surface area contributed by atoms with Gasteiger partial charge in [-0.05, 0) is 31.5 Å². The second-order valence-electron chi connectivity index (χ2n) is 5.49. The fourth-order valence-corrected chi connectivity index (χ4v) is 3.11. The van der Waals surface area contributed by atoms with Crippen LogP contribution in [0, 0.1) is 6.92 Å². The van der Waals surface area contributed by atoms with E-state index in [-0.39, 0.29) is 11.2 Å². The Morgan fingerprint density at radius 1 is 1.20 bits per heavy atom. The normalized spacial score (nSPS) is 12.0. The lowest BCUT2D eigenvalue weighted by molar-refractivity contribution is -0.115. The molecule has 25 heavy (non-hydrogen) atoms. The van der Waals surface area contributed by atoms with Gasteiger partial charge < -0.3 is 5.32 Å². The van der Waals surface area contributed by atoms with Crippen LogP contribution in [-0.2, 0) is 4.79 Å². The molecule has 7 heteroatoms. The summed E-state index contributed by atoms with van der Waals surface area (Å²) in [6.07, 6.45) is 0. The molecule has 1 heterocycles. The molecule has 0 radical (unpaired) electrons. The Kier molecular flexibility index (Phi) is 5.40. The Morgan fingerprint density at radius 2 is 1.96 bits per heavy atom. The molecule has 3 aromatic rings. The first-order valence-corrected chi connectivity index (χ1v) is 9.01. The van der Waals surface area contributed by atoms with Crippen molar-refractivity contribution in [1.82, 2.24) is 15.2 Å². The number of carbonyl (C=O) groups is 1. The highest BCUT2D eigenvalue weighted by atomic mass is 35.5. The molecular formula is C18H17ClN4OS. The lowest BCUT2D eigenvalue weighted by atomic mass is 10.2. The molecule has 2 aromatic carbocycles. The van der Waals surface area contributed by atoms with E-state index in [2.05, 4.69) is 20.5 Å². The third kappa shape index (κ3) is 4.21. The van der Waals surface area contributed by atoms with Gasteiger partial charge in [0, 0.05) is 16.3 Å². The van der Waals surface area contributed by atoms with Crippen LogP contribution in [0.2, 0.25) is 5.02 Å². The molecule has 0 unspecified atom stereocenters. The molecule has 1 amide bonds. The molecule has 0 fully saturated rings. The maximum absolute atomic E-state index is 12.4. The number of thioether (sulfide) groups is 1. The number of halogens is 1. The summed E-state index contributed by atoms with van der Waals surface area (Å²) in [6.45, 7) is 3.69. The highest BCUT2D eigenvalue weighted by molar-refractivity contribution is 8.00. The number of anilines is 1. The second-order valence-corrected chi connectivity index (χ2v) is 7.21. The van der Waals surface area contributed by atoms with Gasteiger partial charge in [0.15, 0.2) is 5.82 Å². The lowest BCUT2D eigenvalue weighted by Gasteiger charge is -2.12. The van der Waals surface area contributed by atoms with E-state index in [4.69, 9.17) is 11.6 Å². The highest BCUT2D eigenvalue weighted by Gasteiger charge is 2.18. The lowest BCUT2D eigenvalue weighted by Crippen LogP contribution is -2.23. The van der Waals surface area contributed by atoms with Gasteiger partial charge in [0.1, 0.15) is 0 Å². The number of rotatable bonds is 5. The van der Waals surface area contributed by atoms with E-state index >= 15 is 0 Å².